The summed E-state index contributed by atoms with van der Waals surface area (Å²) in [5, 5.41) is 4.79. The predicted octanol–water partition coefficient (Wildman–Crippen LogP) is 5.12. The Kier molecular flexibility index (Phi) is 3.83. The van der Waals surface area contributed by atoms with Crippen LogP contribution in [-0.4, -0.2) is 11.6 Å². The van der Waals surface area contributed by atoms with Gasteiger partial charge in [0.05, 0.1) is 29.2 Å². The first-order chi connectivity index (χ1) is 11.4. The molecule has 3 nitrogen and oxygen atoms in total. The molecule has 2 heterocycles. The number of hydrogen-bond acceptors (Lipinski definition) is 4. The number of pyridine rings is 1. The molecule has 0 spiro atoms. The highest BCUT2D eigenvalue weighted by atomic mass is 32.2. The molecule has 116 valence electrons. The molecule has 3 aromatic rings. The van der Waals surface area contributed by atoms with E-state index in [0.717, 1.165) is 28.5 Å². The van der Waals surface area contributed by atoms with Gasteiger partial charge in [-0.2, -0.15) is 11.8 Å². The Morgan fingerprint density at radius 3 is 2.83 bits per heavy atom. The van der Waals surface area contributed by atoms with Crippen molar-refractivity contribution in [2.45, 2.75) is 18.4 Å². The van der Waals surface area contributed by atoms with Gasteiger partial charge in [-0.15, -0.1) is 0 Å². The van der Waals surface area contributed by atoms with Gasteiger partial charge < -0.3 is 10.1 Å². The van der Waals surface area contributed by atoms with Crippen LogP contribution in [0.5, 0.6) is 5.75 Å². The number of nitrogens with one attached hydrogen (secondary N) is 1. The van der Waals surface area contributed by atoms with E-state index in [-0.39, 0.29) is 0 Å². The smallest absolute Gasteiger partial charge is 0.142 e. The maximum absolute atomic E-state index is 5.76. The number of nitrogens with zero attached hydrogens (tertiary/aromatic N) is 1. The van der Waals surface area contributed by atoms with Gasteiger partial charge in [0.2, 0.25) is 0 Å². The van der Waals surface area contributed by atoms with Crippen LogP contribution in [0.15, 0.2) is 48.5 Å². The monoisotopic (exact) mass is 322 g/mol. The first-order valence-corrected chi connectivity index (χ1v) is 8.99. The van der Waals surface area contributed by atoms with Gasteiger partial charge in [-0.25, -0.2) is 0 Å². The zero-order valence-corrected chi connectivity index (χ0v) is 13.8. The SMILES string of the molecule is CCOc1ccccc1Nc1c2c(nc3ccccc13)CSC2. The first-order valence-electron chi connectivity index (χ1n) is 7.84. The average molecular weight is 322 g/mol. The Balaban J connectivity index is 1.86. The molecule has 0 amide bonds. The molecule has 23 heavy (non-hydrogen) atoms. The fraction of sp³-hybridized carbons (Fsp3) is 0.211. The third-order valence-electron chi connectivity index (χ3n) is 4.01. The second-order valence-corrected chi connectivity index (χ2v) is 6.46. The number of fused-ring (bicyclic) bond motifs is 2. The zero-order valence-electron chi connectivity index (χ0n) is 13.0. The highest BCUT2D eigenvalue weighted by Crippen LogP contribution is 2.40. The van der Waals surface area contributed by atoms with E-state index in [0.29, 0.717) is 6.61 Å². The largest absolute Gasteiger partial charge is 0.492 e. The van der Waals surface area contributed by atoms with E-state index >= 15 is 0 Å². The van der Waals surface area contributed by atoms with Crippen molar-refractivity contribution in [3.05, 3.63) is 59.8 Å². The third kappa shape index (κ3) is 2.63. The van der Waals surface area contributed by atoms with Crippen molar-refractivity contribution in [1.82, 2.24) is 4.98 Å². The lowest BCUT2D eigenvalue weighted by molar-refractivity contribution is 0.342. The van der Waals surface area contributed by atoms with Crippen LogP contribution in [-0.2, 0) is 11.5 Å². The van der Waals surface area contributed by atoms with E-state index in [2.05, 4.69) is 29.6 Å². The third-order valence-corrected chi connectivity index (χ3v) is 4.98. The van der Waals surface area contributed by atoms with E-state index in [1.165, 1.54) is 22.3 Å². The zero-order chi connectivity index (χ0) is 15.6. The highest BCUT2D eigenvalue weighted by Gasteiger charge is 2.20. The number of para-hydroxylation sites is 3. The maximum Gasteiger partial charge on any atom is 0.142 e. The number of anilines is 2. The van der Waals surface area contributed by atoms with Crippen molar-refractivity contribution in [3.63, 3.8) is 0 Å². The molecular weight excluding hydrogens is 304 g/mol. The van der Waals surface area contributed by atoms with Gasteiger partial charge in [0.15, 0.2) is 0 Å². The summed E-state index contributed by atoms with van der Waals surface area (Å²) in [6.07, 6.45) is 0. The van der Waals surface area contributed by atoms with Crippen molar-refractivity contribution in [3.8, 4) is 5.75 Å². The molecule has 0 saturated carbocycles. The quantitative estimate of drug-likeness (QED) is 0.722. The number of thioether (sulfide) groups is 1. The Morgan fingerprint density at radius 2 is 1.91 bits per heavy atom. The van der Waals surface area contributed by atoms with Gasteiger partial charge in [-0.3, -0.25) is 4.98 Å². The Hall–Kier alpha value is -2.20. The molecule has 1 aliphatic heterocycles. The average Bonchev–Trinajstić information content (AvgIpc) is 3.05. The van der Waals surface area contributed by atoms with Crippen LogP contribution >= 0.6 is 11.8 Å². The van der Waals surface area contributed by atoms with Crippen molar-refractivity contribution < 1.29 is 4.74 Å². The summed E-state index contributed by atoms with van der Waals surface area (Å²) < 4.78 is 5.76. The first kappa shape index (κ1) is 14.4. The highest BCUT2D eigenvalue weighted by molar-refractivity contribution is 7.98. The summed E-state index contributed by atoms with van der Waals surface area (Å²) in [5.41, 5.74) is 5.74. The number of ether oxygens (including phenoxy) is 1. The van der Waals surface area contributed by atoms with Gasteiger partial charge in [-0.1, -0.05) is 30.3 Å². The summed E-state index contributed by atoms with van der Waals surface area (Å²) in [6.45, 7) is 2.66. The van der Waals surface area contributed by atoms with E-state index in [4.69, 9.17) is 9.72 Å². The predicted molar refractivity (Wildman–Crippen MR) is 97.6 cm³/mol. The molecule has 0 bridgehead atoms. The topological polar surface area (TPSA) is 34.1 Å². The van der Waals surface area contributed by atoms with Crippen LogP contribution in [0, 0.1) is 0 Å². The number of aromatic nitrogens is 1. The lowest BCUT2D eigenvalue weighted by atomic mass is 10.1. The maximum atomic E-state index is 5.76. The number of hydrogen-bond donors (Lipinski definition) is 1. The molecule has 4 rings (SSSR count). The second-order valence-electron chi connectivity index (χ2n) is 5.48. The molecule has 1 N–H and O–H groups in total. The Bertz CT molecular complexity index is 863. The molecule has 0 saturated heterocycles. The van der Waals surface area contributed by atoms with Gasteiger partial charge >= 0.3 is 0 Å². The molecule has 0 unspecified atom stereocenters. The fourth-order valence-electron chi connectivity index (χ4n) is 2.96. The summed E-state index contributed by atoms with van der Waals surface area (Å²) in [4.78, 5) is 4.82. The minimum absolute atomic E-state index is 0.656. The van der Waals surface area contributed by atoms with E-state index < -0.39 is 0 Å². The van der Waals surface area contributed by atoms with Crippen LogP contribution in [0.4, 0.5) is 11.4 Å². The van der Waals surface area contributed by atoms with Crippen LogP contribution in [0.3, 0.4) is 0 Å². The molecule has 1 aromatic heterocycles. The van der Waals surface area contributed by atoms with E-state index in [1.54, 1.807) is 0 Å². The molecule has 1 aliphatic rings. The normalized spacial score (nSPS) is 13.1. The molecular formula is C19H18N2OS. The Morgan fingerprint density at radius 1 is 1.09 bits per heavy atom. The Labute approximate surface area is 140 Å². The summed E-state index contributed by atoms with van der Waals surface area (Å²) >= 11 is 1.92. The number of rotatable bonds is 4. The molecule has 0 aliphatic carbocycles. The van der Waals surface area contributed by atoms with E-state index in [1.807, 2.05) is 43.0 Å². The molecule has 2 aromatic carbocycles. The van der Waals surface area contributed by atoms with E-state index in [9.17, 15) is 0 Å². The standard InChI is InChI=1S/C19H18N2OS/c1-2-22-18-10-6-5-9-16(18)21-19-13-7-3-4-8-15(13)20-17-12-23-11-14(17)19/h3-10H,2,11-12H2,1H3,(H,20,21). The fourth-order valence-corrected chi connectivity index (χ4v) is 4.00. The molecule has 0 radical (unpaired) electrons. The second kappa shape index (κ2) is 6.13. The minimum atomic E-state index is 0.656. The molecule has 4 heteroatoms. The van der Waals surface area contributed by atoms with Crippen molar-refractivity contribution in [2.75, 3.05) is 11.9 Å². The summed E-state index contributed by atoms with van der Waals surface area (Å²) in [6, 6.07) is 16.4. The minimum Gasteiger partial charge on any atom is -0.492 e. The van der Waals surface area contributed by atoms with Crippen LogP contribution in [0.2, 0.25) is 0 Å². The molecule has 0 fully saturated rings. The number of benzene rings is 2. The van der Waals surface area contributed by atoms with Gasteiger partial charge in [-0.05, 0) is 25.1 Å². The lowest BCUT2D eigenvalue weighted by Crippen LogP contribution is -2.02. The van der Waals surface area contributed by atoms with Gasteiger partial charge in [0.1, 0.15) is 5.75 Å². The lowest BCUT2D eigenvalue weighted by Gasteiger charge is -2.16. The molecule has 0 atom stereocenters. The van der Waals surface area contributed by atoms with Crippen LogP contribution in [0.1, 0.15) is 18.2 Å². The van der Waals surface area contributed by atoms with Gasteiger partial charge in [0.25, 0.3) is 0 Å². The van der Waals surface area contributed by atoms with Crippen LogP contribution < -0.4 is 10.1 Å². The summed E-state index contributed by atoms with van der Waals surface area (Å²) in [5.74, 6) is 2.88. The van der Waals surface area contributed by atoms with Crippen molar-refractivity contribution >= 4 is 34.0 Å². The van der Waals surface area contributed by atoms with Crippen LogP contribution in [0.25, 0.3) is 10.9 Å². The summed E-state index contributed by atoms with van der Waals surface area (Å²) in [7, 11) is 0. The van der Waals surface area contributed by atoms with Gasteiger partial charge in [0, 0.05) is 22.5 Å². The van der Waals surface area contributed by atoms with Crippen molar-refractivity contribution in [1.29, 1.82) is 0 Å². The van der Waals surface area contributed by atoms with Crippen molar-refractivity contribution in [2.24, 2.45) is 0 Å².